The molecule has 120 valence electrons. The molecule has 1 aromatic carbocycles. The van der Waals surface area contributed by atoms with Crippen molar-refractivity contribution >= 4 is 23.2 Å². The van der Waals surface area contributed by atoms with Crippen LogP contribution in [0, 0.1) is 11.7 Å². The van der Waals surface area contributed by atoms with E-state index in [0.717, 1.165) is 12.8 Å². The summed E-state index contributed by atoms with van der Waals surface area (Å²) >= 11 is 1.32. The molecule has 23 heavy (non-hydrogen) atoms. The summed E-state index contributed by atoms with van der Waals surface area (Å²) in [6.07, 6.45) is 1.68. The lowest BCUT2D eigenvalue weighted by molar-refractivity contribution is -0.142. The number of nitrogens with zero attached hydrogens (tertiary/aromatic N) is 1. The number of rotatable bonds is 6. The van der Waals surface area contributed by atoms with Gasteiger partial charge in [0.05, 0.1) is 12.1 Å². The van der Waals surface area contributed by atoms with Gasteiger partial charge in [-0.3, -0.25) is 4.79 Å². The van der Waals surface area contributed by atoms with Gasteiger partial charge in [-0.2, -0.15) is 0 Å². The topological polar surface area (TPSA) is 79.3 Å². The molecule has 3 rings (SSSR count). The predicted molar refractivity (Wildman–Crippen MR) is 83.5 cm³/mol. The number of carbonyl (C=O) groups excluding carboxylic acids is 1. The van der Waals surface area contributed by atoms with Crippen LogP contribution < -0.4 is 5.32 Å². The van der Waals surface area contributed by atoms with Gasteiger partial charge >= 0.3 is 5.97 Å². The van der Waals surface area contributed by atoms with Crippen LogP contribution in [0.4, 0.5) is 4.39 Å². The molecule has 0 aliphatic heterocycles. The van der Waals surface area contributed by atoms with Crippen LogP contribution in [0.3, 0.4) is 0 Å². The van der Waals surface area contributed by atoms with E-state index < -0.39 is 12.0 Å². The fourth-order valence-corrected chi connectivity index (χ4v) is 3.16. The highest BCUT2D eigenvalue weighted by Crippen LogP contribution is 2.32. The van der Waals surface area contributed by atoms with Crippen molar-refractivity contribution < 1.29 is 19.1 Å². The minimum atomic E-state index is -1.00. The molecule has 7 heteroatoms. The average molecular weight is 334 g/mol. The Labute approximate surface area is 136 Å². The van der Waals surface area contributed by atoms with Gasteiger partial charge in [0.2, 0.25) is 5.91 Å². The second-order valence-corrected chi connectivity index (χ2v) is 6.41. The first-order chi connectivity index (χ1) is 11.0. The molecule has 1 amide bonds. The zero-order valence-corrected chi connectivity index (χ0v) is 13.0. The lowest BCUT2D eigenvalue weighted by Crippen LogP contribution is -2.43. The first kappa shape index (κ1) is 15.6. The lowest BCUT2D eigenvalue weighted by atomic mass is 10.2. The number of aromatic nitrogens is 1. The molecule has 1 atom stereocenters. The van der Waals surface area contributed by atoms with Crippen LogP contribution in [0.5, 0.6) is 0 Å². The molecule has 1 aliphatic rings. The third kappa shape index (κ3) is 3.92. The molecule has 5 nitrogen and oxygen atoms in total. The van der Waals surface area contributed by atoms with Crippen molar-refractivity contribution in [3.63, 3.8) is 0 Å². The number of hydrogen-bond acceptors (Lipinski definition) is 4. The number of benzene rings is 1. The van der Waals surface area contributed by atoms with Crippen molar-refractivity contribution in [1.82, 2.24) is 10.3 Å². The van der Waals surface area contributed by atoms with Gasteiger partial charge in [0, 0.05) is 10.9 Å². The van der Waals surface area contributed by atoms with Crippen LogP contribution in [0.15, 0.2) is 29.6 Å². The number of halogens is 1. The highest BCUT2D eigenvalue weighted by molar-refractivity contribution is 7.13. The normalized spacial score (nSPS) is 15.2. The lowest BCUT2D eigenvalue weighted by Gasteiger charge is -2.12. The zero-order chi connectivity index (χ0) is 16.4. The highest BCUT2D eigenvalue weighted by Gasteiger charge is 2.37. The average Bonchev–Trinajstić information content (AvgIpc) is 3.23. The predicted octanol–water partition coefficient (Wildman–Crippen LogP) is 2.47. The molecule has 0 saturated heterocycles. The Morgan fingerprint density at radius 2 is 2.22 bits per heavy atom. The summed E-state index contributed by atoms with van der Waals surface area (Å²) in [5.41, 5.74) is 1.20. The van der Waals surface area contributed by atoms with Crippen LogP contribution in [0.2, 0.25) is 0 Å². The molecule has 0 spiro atoms. The molecule has 2 N–H and O–H groups in total. The summed E-state index contributed by atoms with van der Waals surface area (Å²) < 4.78 is 13.2. The smallest absolute Gasteiger partial charge is 0.326 e. The molecule has 1 aliphatic carbocycles. The largest absolute Gasteiger partial charge is 0.480 e. The maximum absolute atomic E-state index is 13.2. The van der Waals surface area contributed by atoms with E-state index in [1.807, 2.05) is 0 Å². The Kier molecular flexibility index (Phi) is 4.38. The third-order valence-electron chi connectivity index (χ3n) is 3.64. The van der Waals surface area contributed by atoms with Crippen LogP contribution >= 0.6 is 11.3 Å². The summed E-state index contributed by atoms with van der Waals surface area (Å²) in [6, 6.07) is 5.28. The van der Waals surface area contributed by atoms with Crippen LogP contribution in [-0.2, 0) is 16.0 Å². The van der Waals surface area contributed by atoms with Crippen molar-refractivity contribution in [3.8, 4) is 10.6 Å². The number of thiazole rings is 1. The van der Waals surface area contributed by atoms with Gasteiger partial charge in [-0.15, -0.1) is 11.3 Å². The maximum atomic E-state index is 13.2. The fourth-order valence-electron chi connectivity index (χ4n) is 2.34. The van der Waals surface area contributed by atoms with E-state index in [9.17, 15) is 14.0 Å². The minimum absolute atomic E-state index is 0.0162. The van der Waals surface area contributed by atoms with Crippen molar-refractivity contribution in [3.05, 3.63) is 41.2 Å². The second-order valence-electron chi connectivity index (χ2n) is 5.55. The Hall–Kier alpha value is -2.28. The van der Waals surface area contributed by atoms with Gasteiger partial charge in [-0.25, -0.2) is 14.2 Å². The molecule has 0 bridgehead atoms. The van der Waals surface area contributed by atoms with Crippen LogP contribution in [-0.4, -0.2) is 28.0 Å². The molecule has 1 fully saturated rings. The monoisotopic (exact) mass is 334 g/mol. The molecule has 1 saturated carbocycles. The van der Waals surface area contributed by atoms with E-state index in [1.165, 1.54) is 23.5 Å². The van der Waals surface area contributed by atoms with Gasteiger partial charge in [-0.05, 0) is 30.9 Å². The quantitative estimate of drug-likeness (QED) is 0.850. The molecule has 1 unspecified atom stereocenters. The maximum Gasteiger partial charge on any atom is 0.326 e. The molecular formula is C16H15FN2O3S. The summed E-state index contributed by atoms with van der Waals surface area (Å²) in [5, 5.41) is 14.0. The number of hydrogen-bond donors (Lipinski definition) is 2. The second kappa shape index (κ2) is 6.45. The molecule has 2 aromatic rings. The molecular weight excluding hydrogens is 319 g/mol. The van der Waals surface area contributed by atoms with E-state index >= 15 is 0 Å². The van der Waals surface area contributed by atoms with E-state index in [4.69, 9.17) is 5.11 Å². The highest BCUT2D eigenvalue weighted by atomic mass is 32.1. The number of carbonyl (C=O) groups is 2. The van der Waals surface area contributed by atoms with E-state index in [2.05, 4.69) is 10.3 Å². The van der Waals surface area contributed by atoms with Crippen molar-refractivity contribution in [1.29, 1.82) is 0 Å². The van der Waals surface area contributed by atoms with Gasteiger partial charge in [0.1, 0.15) is 16.9 Å². The fraction of sp³-hybridized carbons (Fsp3) is 0.312. The summed E-state index contributed by atoms with van der Waals surface area (Å²) in [4.78, 5) is 27.4. The van der Waals surface area contributed by atoms with Gasteiger partial charge in [0.15, 0.2) is 0 Å². The SMILES string of the molecule is O=C(Cc1csc(-c2cccc(F)c2)n1)NC(C(=O)O)C1CC1. The van der Waals surface area contributed by atoms with E-state index in [1.54, 1.807) is 17.5 Å². The Bertz CT molecular complexity index is 742. The first-order valence-electron chi connectivity index (χ1n) is 7.25. The number of carboxylic acids is 1. The molecule has 1 aromatic heterocycles. The first-order valence-corrected chi connectivity index (χ1v) is 8.13. The van der Waals surface area contributed by atoms with Crippen LogP contribution in [0.25, 0.3) is 10.6 Å². The molecule has 0 radical (unpaired) electrons. The number of nitrogens with one attached hydrogen (secondary N) is 1. The van der Waals surface area contributed by atoms with Gasteiger partial charge in [0.25, 0.3) is 0 Å². The number of aliphatic carboxylic acids is 1. The Morgan fingerprint density at radius 3 is 2.87 bits per heavy atom. The molecule has 1 heterocycles. The summed E-state index contributed by atoms with van der Waals surface area (Å²) in [7, 11) is 0. The standard InChI is InChI=1S/C16H15FN2O3S/c17-11-3-1-2-10(6-11)15-18-12(8-23-15)7-13(20)19-14(16(21)22)9-4-5-9/h1-3,6,8-9,14H,4-5,7H2,(H,19,20)(H,21,22). The van der Waals surface area contributed by atoms with Gasteiger partial charge < -0.3 is 10.4 Å². The zero-order valence-electron chi connectivity index (χ0n) is 12.2. The minimum Gasteiger partial charge on any atom is -0.480 e. The van der Waals surface area contributed by atoms with E-state index in [-0.39, 0.29) is 24.1 Å². The third-order valence-corrected chi connectivity index (χ3v) is 4.58. The summed E-state index contributed by atoms with van der Waals surface area (Å²) in [6.45, 7) is 0. The van der Waals surface area contributed by atoms with E-state index in [0.29, 0.717) is 16.3 Å². The van der Waals surface area contributed by atoms with Crippen molar-refractivity contribution in [2.24, 2.45) is 5.92 Å². The van der Waals surface area contributed by atoms with Crippen molar-refractivity contribution in [2.45, 2.75) is 25.3 Å². The summed E-state index contributed by atoms with van der Waals surface area (Å²) in [5.74, 6) is -1.67. The number of amides is 1. The Balaban J connectivity index is 1.64. The number of carboxylic acid groups (broad SMARTS) is 1. The van der Waals surface area contributed by atoms with Crippen LogP contribution in [0.1, 0.15) is 18.5 Å². The van der Waals surface area contributed by atoms with Gasteiger partial charge in [-0.1, -0.05) is 12.1 Å². The Morgan fingerprint density at radius 1 is 1.43 bits per heavy atom. The van der Waals surface area contributed by atoms with Crippen molar-refractivity contribution in [2.75, 3.05) is 0 Å².